The standard InChI is InChI=1S/C28H16N2S4/c1-5-19(29-21-9-13-31-25(21)26-22(29)10-14-32-26)6-2-17(1)18-3-7-20(8-4-18)30-23-11-15-33-27(23)28-24(30)12-16-34-28/h1-16H. The van der Waals surface area contributed by atoms with Gasteiger partial charge in [-0.15, -0.1) is 45.3 Å². The summed E-state index contributed by atoms with van der Waals surface area (Å²) in [4.78, 5) is 0. The van der Waals surface area contributed by atoms with Crippen LogP contribution >= 0.6 is 45.3 Å². The molecule has 6 heteroatoms. The highest BCUT2D eigenvalue weighted by Crippen LogP contribution is 2.40. The summed E-state index contributed by atoms with van der Waals surface area (Å²) < 4.78 is 10.3. The molecule has 0 fully saturated rings. The maximum Gasteiger partial charge on any atom is 0.0704 e. The van der Waals surface area contributed by atoms with Crippen molar-refractivity contribution in [2.75, 3.05) is 0 Å². The maximum atomic E-state index is 2.38. The summed E-state index contributed by atoms with van der Waals surface area (Å²) in [5.41, 5.74) is 10.1. The zero-order valence-corrected chi connectivity index (χ0v) is 21.0. The van der Waals surface area contributed by atoms with Crippen LogP contribution in [-0.2, 0) is 0 Å². The molecule has 34 heavy (non-hydrogen) atoms. The summed E-state index contributed by atoms with van der Waals surface area (Å²) in [6.45, 7) is 0. The van der Waals surface area contributed by atoms with Crippen LogP contribution in [0.4, 0.5) is 0 Å². The molecule has 0 atom stereocenters. The second-order valence-corrected chi connectivity index (χ2v) is 12.0. The number of rotatable bonds is 3. The van der Waals surface area contributed by atoms with E-state index in [2.05, 4.69) is 103 Å². The van der Waals surface area contributed by atoms with E-state index in [9.17, 15) is 0 Å². The fourth-order valence-corrected chi connectivity index (χ4v) is 8.89. The number of aromatic nitrogens is 2. The Labute approximate surface area is 211 Å². The third kappa shape index (κ3) is 2.59. The Kier molecular flexibility index (Phi) is 4.04. The van der Waals surface area contributed by atoms with Crippen LogP contribution in [0.2, 0.25) is 0 Å². The Balaban J connectivity index is 1.19. The molecule has 0 bridgehead atoms. The fourth-order valence-electron chi connectivity index (χ4n) is 5.02. The van der Waals surface area contributed by atoms with Gasteiger partial charge in [-0.05, 0) is 81.2 Å². The molecule has 2 nitrogen and oxygen atoms in total. The minimum Gasteiger partial charge on any atom is -0.307 e. The van der Waals surface area contributed by atoms with Gasteiger partial charge in [0.2, 0.25) is 0 Å². The van der Waals surface area contributed by atoms with Gasteiger partial charge in [-0.25, -0.2) is 0 Å². The summed E-state index contributed by atoms with van der Waals surface area (Å²) in [5.74, 6) is 0. The van der Waals surface area contributed by atoms with Gasteiger partial charge in [0, 0.05) is 11.4 Å². The van der Waals surface area contributed by atoms with Gasteiger partial charge in [-0.2, -0.15) is 0 Å². The smallest absolute Gasteiger partial charge is 0.0704 e. The lowest BCUT2D eigenvalue weighted by molar-refractivity contribution is 1.18. The molecule has 6 heterocycles. The van der Waals surface area contributed by atoms with Crippen molar-refractivity contribution in [3.8, 4) is 22.5 Å². The molecule has 0 amide bonds. The van der Waals surface area contributed by atoms with Crippen LogP contribution in [0.15, 0.2) is 94.3 Å². The van der Waals surface area contributed by atoms with Crippen molar-refractivity contribution in [2.45, 2.75) is 0 Å². The van der Waals surface area contributed by atoms with Crippen LogP contribution in [0.5, 0.6) is 0 Å². The van der Waals surface area contributed by atoms with Crippen LogP contribution in [0.3, 0.4) is 0 Å². The summed E-state index contributed by atoms with van der Waals surface area (Å²) in [5, 5.41) is 8.76. The first-order valence-corrected chi connectivity index (χ1v) is 14.5. The predicted octanol–water partition coefficient (Wildman–Crippen LogP) is 9.79. The second-order valence-electron chi connectivity index (χ2n) is 8.30. The van der Waals surface area contributed by atoms with Gasteiger partial charge in [0.15, 0.2) is 0 Å². The quantitative estimate of drug-likeness (QED) is 0.225. The van der Waals surface area contributed by atoms with Crippen LogP contribution < -0.4 is 0 Å². The average molecular weight is 509 g/mol. The third-order valence-electron chi connectivity index (χ3n) is 6.54. The maximum absolute atomic E-state index is 2.38. The molecule has 2 aromatic carbocycles. The average Bonchev–Trinajstić information content (AvgIpc) is 3.68. The molecule has 8 aromatic rings. The van der Waals surface area contributed by atoms with Gasteiger partial charge in [-0.3, -0.25) is 0 Å². The van der Waals surface area contributed by atoms with E-state index in [-0.39, 0.29) is 0 Å². The molecular formula is C28H16N2S4. The van der Waals surface area contributed by atoms with E-state index in [0.717, 1.165) is 0 Å². The van der Waals surface area contributed by atoms with Gasteiger partial charge in [-0.1, -0.05) is 24.3 Å². The lowest BCUT2D eigenvalue weighted by atomic mass is 10.0. The highest BCUT2D eigenvalue weighted by atomic mass is 32.1. The molecule has 0 aliphatic heterocycles. The predicted molar refractivity (Wildman–Crippen MR) is 152 cm³/mol. The van der Waals surface area contributed by atoms with E-state index in [1.54, 1.807) is 0 Å². The molecule has 8 rings (SSSR count). The van der Waals surface area contributed by atoms with Crippen molar-refractivity contribution >= 4 is 86.2 Å². The molecule has 0 radical (unpaired) electrons. The zero-order valence-electron chi connectivity index (χ0n) is 17.8. The molecule has 0 spiro atoms. The molecule has 0 unspecified atom stereocenters. The topological polar surface area (TPSA) is 9.86 Å². The molecule has 0 aliphatic rings. The van der Waals surface area contributed by atoms with Crippen molar-refractivity contribution in [3.63, 3.8) is 0 Å². The number of hydrogen-bond donors (Lipinski definition) is 0. The van der Waals surface area contributed by atoms with Gasteiger partial charge in [0.1, 0.15) is 0 Å². The van der Waals surface area contributed by atoms with Gasteiger partial charge < -0.3 is 9.13 Å². The molecule has 162 valence electrons. The number of thiophene rings is 4. The van der Waals surface area contributed by atoms with Gasteiger partial charge in [0.05, 0.1) is 40.9 Å². The third-order valence-corrected chi connectivity index (χ3v) is 10.5. The molecule has 0 saturated carbocycles. The number of fused-ring (bicyclic) bond motifs is 6. The van der Waals surface area contributed by atoms with Gasteiger partial charge >= 0.3 is 0 Å². The number of nitrogens with zero attached hydrogens (tertiary/aromatic N) is 2. The van der Waals surface area contributed by atoms with Crippen molar-refractivity contribution in [2.24, 2.45) is 0 Å². The van der Waals surface area contributed by atoms with E-state index in [4.69, 9.17) is 0 Å². The Hall–Kier alpha value is -3.16. The van der Waals surface area contributed by atoms with E-state index in [1.807, 2.05) is 45.3 Å². The van der Waals surface area contributed by atoms with Crippen LogP contribution in [0.25, 0.3) is 63.4 Å². The molecular weight excluding hydrogens is 493 g/mol. The molecule has 0 aliphatic carbocycles. The van der Waals surface area contributed by atoms with Gasteiger partial charge in [0.25, 0.3) is 0 Å². The molecule has 6 aromatic heterocycles. The molecule has 0 saturated heterocycles. The summed E-state index contributed by atoms with van der Waals surface area (Å²) in [7, 11) is 0. The first-order valence-electron chi connectivity index (χ1n) is 11.0. The summed E-state index contributed by atoms with van der Waals surface area (Å²) in [6.07, 6.45) is 0. The van der Waals surface area contributed by atoms with Crippen molar-refractivity contribution in [1.82, 2.24) is 9.13 Å². The van der Waals surface area contributed by atoms with Crippen molar-refractivity contribution in [3.05, 3.63) is 94.3 Å². The number of benzene rings is 2. The van der Waals surface area contributed by atoms with Crippen molar-refractivity contribution < 1.29 is 0 Å². The van der Waals surface area contributed by atoms with Crippen LogP contribution in [0, 0.1) is 0 Å². The lowest BCUT2D eigenvalue weighted by Crippen LogP contribution is -1.93. The van der Waals surface area contributed by atoms with E-state index >= 15 is 0 Å². The Bertz CT molecular complexity index is 1710. The van der Waals surface area contributed by atoms with E-state index in [0.29, 0.717) is 0 Å². The van der Waals surface area contributed by atoms with Crippen molar-refractivity contribution in [1.29, 1.82) is 0 Å². The Morgan fingerprint density at radius 1 is 0.353 bits per heavy atom. The summed E-state index contributed by atoms with van der Waals surface area (Å²) >= 11 is 7.31. The van der Waals surface area contributed by atoms with Crippen LogP contribution in [-0.4, -0.2) is 9.13 Å². The normalized spacial score (nSPS) is 12.1. The number of hydrogen-bond acceptors (Lipinski definition) is 4. The largest absolute Gasteiger partial charge is 0.307 e. The minimum absolute atomic E-state index is 1.21. The first-order chi connectivity index (χ1) is 16.9. The lowest BCUT2D eigenvalue weighted by Gasteiger charge is -2.10. The van der Waals surface area contributed by atoms with E-state index in [1.165, 1.54) is 63.4 Å². The Morgan fingerprint density at radius 2 is 0.647 bits per heavy atom. The summed E-state index contributed by atoms with van der Waals surface area (Å²) in [6, 6.07) is 26.9. The fraction of sp³-hybridized carbons (Fsp3) is 0. The Morgan fingerprint density at radius 3 is 0.941 bits per heavy atom. The molecule has 0 N–H and O–H groups in total. The first kappa shape index (κ1) is 19.2. The van der Waals surface area contributed by atoms with Crippen LogP contribution in [0.1, 0.15) is 0 Å². The SMILES string of the molecule is c1cc2c(s1)c1sccc1n2-c1ccc(-c2ccc(-n3c4ccsc4c4sccc43)cc2)cc1. The second kappa shape index (κ2) is 7.17. The van der Waals surface area contributed by atoms with E-state index < -0.39 is 0 Å². The monoisotopic (exact) mass is 508 g/mol. The highest BCUT2D eigenvalue weighted by Gasteiger charge is 2.15. The highest BCUT2D eigenvalue weighted by molar-refractivity contribution is 7.26. The minimum atomic E-state index is 1.21. The zero-order chi connectivity index (χ0) is 22.2.